The summed E-state index contributed by atoms with van der Waals surface area (Å²) in [7, 11) is -2.05. The smallest absolute Gasteiger partial charge is 0.240 e. The molecule has 0 atom stereocenters. The Morgan fingerprint density at radius 2 is 2.19 bits per heavy atom. The van der Waals surface area contributed by atoms with Gasteiger partial charge in [-0.1, -0.05) is 12.6 Å². The van der Waals surface area contributed by atoms with E-state index in [9.17, 15) is 8.42 Å². The summed E-state index contributed by atoms with van der Waals surface area (Å²) >= 11 is 0. The molecule has 0 spiro atoms. The van der Waals surface area contributed by atoms with Crippen molar-refractivity contribution >= 4 is 21.9 Å². The van der Waals surface area contributed by atoms with Crippen LogP contribution >= 0.6 is 0 Å². The molecule has 2 N–H and O–H groups in total. The number of nitrogens with one attached hydrogen (secondary N) is 2. The molecule has 0 saturated carbocycles. The number of hydrogen-bond acceptors (Lipinski definition) is 4. The second-order valence-electron chi connectivity index (χ2n) is 4.55. The van der Waals surface area contributed by atoms with Crippen molar-refractivity contribution in [3.63, 3.8) is 0 Å². The molecule has 1 aromatic heterocycles. The molecule has 1 aromatic carbocycles. The predicted octanol–water partition coefficient (Wildman–Crippen LogP) is 1.81. The Bertz CT molecular complexity index is 750. The summed E-state index contributed by atoms with van der Waals surface area (Å²) in [5.41, 5.74) is 2.73. The second-order valence-corrected chi connectivity index (χ2v) is 6.44. The van der Waals surface area contributed by atoms with Crippen molar-refractivity contribution in [2.45, 2.75) is 18.4 Å². The molecule has 0 bridgehead atoms. The molecule has 0 amide bonds. The summed E-state index contributed by atoms with van der Waals surface area (Å²) in [6.07, 6.45) is 5.19. The molecule has 21 heavy (non-hydrogen) atoms. The first-order valence-corrected chi connectivity index (χ1v) is 7.88. The highest BCUT2D eigenvalue weighted by Gasteiger charge is 2.12. The number of hydrogen-bond donors (Lipinski definition) is 2. The molecule has 0 fully saturated rings. The fraction of sp³-hybridized carbons (Fsp3) is 0.214. The van der Waals surface area contributed by atoms with E-state index >= 15 is 0 Å². The van der Waals surface area contributed by atoms with Gasteiger partial charge in [0.25, 0.3) is 0 Å². The van der Waals surface area contributed by atoms with Crippen LogP contribution in [0.1, 0.15) is 11.1 Å². The van der Waals surface area contributed by atoms with Crippen LogP contribution in [0.4, 0.5) is 5.69 Å². The summed E-state index contributed by atoms with van der Waals surface area (Å²) < 4.78 is 27.6. The van der Waals surface area contributed by atoms with Gasteiger partial charge >= 0.3 is 0 Å². The van der Waals surface area contributed by atoms with Gasteiger partial charge in [-0.2, -0.15) is 5.10 Å². The van der Waals surface area contributed by atoms with Gasteiger partial charge < -0.3 is 5.32 Å². The lowest BCUT2D eigenvalue weighted by atomic mass is 10.2. The number of aromatic nitrogens is 2. The van der Waals surface area contributed by atoms with Crippen LogP contribution in [-0.4, -0.2) is 25.2 Å². The van der Waals surface area contributed by atoms with Crippen LogP contribution in [0.2, 0.25) is 0 Å². The van der Waals surface area contributed by atoms with Gasteiger partial charge in [0.2, 0.25) is 10.0 Å². The van der Waals surface area contributed by atoms with Crippen LogP contribution in [0, 0.1) is 6.92 Å². The highest BCUT2D eigenvalue weighted by molar-refractivity contribution is 7.89. The molecule has 2 rings (SSSR count). The van der Waals surface area contributed by atoms with Crippen LogP contribution in [0.25, 0.3) is 6.20 Å². The predicted molar refractivity (Wildman–Crippen MR) is 83.4 cm³/mol. The van der Waals surface area contributed by atoms with E-state index in [2.05, 4.69) is 21.7 Å². The molecule has 0 radical (unpaired) electrons. The standard InChI is InChI=1S/C14H18N4O2S/c1-4-18-10-12(9-17-18)8-16-14-7-13(6-5-11(14)2)21(19,20)15-3/h4-7,9-10,15-16H,1,8H2,2-3H3. The Kier molecular flexibility index (Phi) is 4.44. The third-order valence-corrected chi connectivity index (χ3v) is 4.53. The van der Waals surface area contributed by atoms with Crippen molar-refractivity contribution in [2.24, 2.45) is 0 Å². The highest BCUT2D eigenvalue weighted by Crippen LogP contribution is 2.20. The van der Waals surface area contributed by atoms with Crippen molar-refractivity contribution < 1.29 is 8.42 Å². The quantitative estimate of drug-likeness (QED) is 0.853. The Labute approximate surface area is 124 Å². The maximum absolute atomic E-state index is 11.8. The molecule has 0 aliphatic carbocycles. The molecule has 1 heterocycles. The SMILES string of the molecule is C=Cn1cc(CNc2cc(S(=O)(=O)NC)ccc2C)cn1. The monoisotopic (exact) mass is 306 g/mol. The molecule has 6 nitrogen and oxygen atoms in total. The summed E-state index contributed by atoms with van der Waals surface area (Å²) in [4.78, 5) is 0.236. The van der Waals surface area contributed by atoms with Crippen molar-refractivity contribution in [2.75, 3.05) is 12.4 Å². The van der Waals surface area contributed by atoms with E-state index in [1.165, 1.54) is 7.05 Å². The molecule has 112 valence electrons. The third-order valence-electron chi connectivity index (χ3n) is 3.11. The lowest BCUT2D eigenvalue weighted by Crippen LogP contribution is -2.18. The number of anilines is 1. The van der Waals surface area contributed by atoms with E-state index in [-0.39, 0.29) is 4.90 Å². The fourth-order valence-corrected chi connectivity index (χ4v) is 2.60. The molecule has 0 aliphatic rings. The second kappa shape index (κ2) is 6.11. The van der Waals surface area contributed by atoms with Crippen LogP contribution in [0.5, 0.6) is 0 Å². The number of sulfonamides is 1. The van der Waals surface area contributed by atoms with Gasteiger partial charge in [0.15, 0.2) is 0 Å². The lowest BCUT2D eigenvalue weighted by molar-refractivity contribution is 0.588. The van der Waals surface area contributed by atoms with Gasteiger partial charge in [-0.05, 0) is 31.7 Å². The van der Waals surface area contributed by atoms with Crippen LogP contribution < -0.4 is 10.0 Å². The molecular formula is C14H18N4O2S. The third kappa shape index (κ3) is 3.50. The molecule has 0 aliphatic heterocycles. The summed E-state index contributed by atoms with van der Waals surface area (Å²) in [5.74, 6) is 0. The van der Waals surface area contributed by atoms with Crippen molar-refractivity contribution in [1.29, 1.82) is 0 Å². The van der Waals surface area contributed by atoms with Gasteiger partial charge in [0.1, 0.15) is 0 Å². The highest BCUT2D eigenvalue weighted by atomic mass is 32.2. The van der Waals surface area contributed by atoms with Gasteiger partial charge in [-0.3, -0.25) is 0 Å². The number of rotatable bonds is 6. The molecule has 2 aromatic rings. The van der Waals surface area contributed by atoms with Crippen molar-refractivity contribution in [3.8, 4) is 0 Å². The zero-order valence-electron chi connectivity index (χ0n) is 12.0. The average Bonchev–Trinajstić information content (AvgIpc) is 2.94. The minimum atomic E-state index is -3.44. The molecule has 7 heteroatoms. The van der Waals surface area contributed by atoms with Crippen molar-refractivity contribution in [1.82, 2.24) is 14.5 Å². The first-order valence-electron chi connectivity index (χ1n) is 6.40. The number of benzene rings is 1. The minimum absolute atomic E-state index is 0.236. The first-order chi connectivity index (χ1) is 9.96. The Hall–Kier alpha value is -2.12. The van der Waals surface area contributed by atoms with E-state index < -0.39 is 10.0 Å². The summed E-state index contributed by atoms with van der Waals surface area (Å²) in [5, 5.41) is 7.32. The van der Waals surface area contributed by atoms with Crippen molar-refractivity contribution in [3.05, 3.63) is 48.3 Å². The first kappa shape index (κ1) is 15.3. The van der Waals surface area contributed by atoms with Gasteiger partial charge in [-0.25, -0.2) is 17.8 Å². The van der Waals surface area contributed by atoms with Gasteiger partial charge in [-0.15, -0.1) is 0 Å². The van der Waals surface area contributed by atoms with Crippen LogP contribution in [0.15, 0.2) is 42.1 Å². The largest absolute Gasteiger partial charge is 0.381 e. The van der Waals surface area contributed by atoms with Gasteiger partial charge in [0, 0.05) is 30.2 Å². The van der Waals surface area contributed by atoms with E-state index in [1.807, 2.05) is 13.1 Å². The molecular weight excluding hydrogens is 288 g/mol. The Balaban J connectivity index is 2.19. The fourth-order valence-electron chi connectivity index (χ4n) is 1.84. The normalized spacial score (nSPS) is 11.3. The van der Waals surface area contributed by atoms with Gasteiger partial charge in [0.05, 0.1) is 11.1 Å². The lowest BCUT2D eigenvalue weighted by Gasteiger charge is -2.11. The van der Waals surface area contributed by atoms with E-state index in [1.54, 1.807) is 35.3 Å². The maximum atomic E-state index is 11.8. The molecule has 0 saturated heterocycles. The topological polar surface area (TPSA) is 76.0 Å². The summed E-state index contributed by atoms with van der Waals surface area (Å²) in [6, 6.07) is 4.99. The molecule has 0 unspecified atom stereocenters. The van der Waals surface area contributed by atoms with E-state index in [0.29, 0.717) is 6.54 Å². The zero-order chi connectivity index (χ0) is 15.5. The zero-order valence-corrected chi connectivity index (χ0v) is 12.8. The maximum Gasteiger partial charge on any atom is 0.240 e. The van der Waals surface area contributed by atoms with Crippen LogP contribution in [0.3, 0.4) is 0 Å². The minimum Gasteiger partial charge on any atom is -0.381 e. The summed E-state index contributed by atoms with van der Waals surface area (Å²) in [6.45, 7) is 6.11. The van der Waals surface area contributed by atoms with Crippen LogP contribution in [-0.2, 0) is 16.6 Å². The Morgan fingerprint density at radius 1 is 1.43 bits per heavy atom. The number of aryl methyl sites for hydroxylation is 1. The van der Waals surface area contributed by atoms with E-state index in [0.717, 1.165) is 16.8 Å². The average molecular weight is 306 g/mol. The number of nitrogens with zero attached hydrogens (tertiary/aromatic N) is 2. The van der Waals surface area contributed by atoms with E-state index in [4.69, 9.17) is 0 Å². The Morgan fingerprint density at radius 3 is 2.81 bits per heavy atom.